The summed E-state index contributed by atoms with van der Waals surface area (Å²) < 4.78 is 0. The molecule has 3 aromatic carbocycles. The third-order valence-electron chi connectivity index (χ3n) is 5.86. The van der Waals surface area contributed by atoms with E-state index in [9.17, 15) is 14.4 Å². The predicted molar refractivity (Wildman–Crippen MR) is 140 cm³/mol. The maximum Gasteiger partial charge on any atom is 0.255 e. The zero-order valence-electron chi connectivity index (χ0n) is 19.7. The zero-order chi connectivity index (χ0) is 24.6. The van der Waals surface area contributed by atoms with Crippen LogP contribution in [0.15, 0.2) is 78.9 Å². The molecule has 0 spiro atoms. The Balaban J connectivity index is 1.44. The highest BCUT2D eigenvalue weighted by Crippen LogP contribution is 2.39. The molecule has 1 fully saturated rings. The number of unbranched alkanes of at least 4 members (excludes halogenated alkanes) is 1. The summed E-state index contributed by atoms with van der Waals surface area (Å²) in [5.74, 6) is 0.0592. The van der Waals surface area contributed by atoms with Crippen molar-refractivity contribution in [1.29, 1.82) is 0 Å². The van der Waals surface area contributed by atoms with Gasteiger partial charge in [0, 0.05) is 18.7 Å². The number of rotatable bonds is 9. The Bertz CT molecular complexity index is 1180. The highest BCUT2D eigenvalue weighted by molar-refractivity contribution is 8.00. The van der Waals surface area contributed by atoms with Gasteiger partial charge >= 0.3 is 0 Å². The van der Waals surface area contributed by atoms with Gasteiger partial charge < -0.3 is 15.5 Å². The standard InChI is InChI=1S/C28H29N3O3S/c1-2-3-17-29-27(34)23-11-7-8-12-24(23)30-26(33)21-13-15-22(16-14-21)28-31(25(32)19-35-28)18-20-9-5-4-6-10-20/h4-16,28H,2-3,17-19H2,1H3,(H,29,34)(H,30,33)/t28-/m1/s1. The van der Waals surface area contributed by atoms with Crippen molar-refractivity contribution in [1.82, 2.24) is 10.2 Å². The smallest absolute Gasteiger partial charge is 0.255 e. The summed E-state index contributed by atoms with van der Waals surface area (Å²) in [6.07, 6.45) is 1.90. The van der Waals surface area contributed by atoms with Gasteiger partial charge in [0.05, 0.1) is 17.0 Å². The molecule has 7 heteroatoms. The summed E-state index contributed by atoms with van der Waals surface area (Å²) in [6.45, 7) is 3.22. The number of benzene rings is 3. The third kappa shape index (κ3) is 6.11. The molecule has 1 aliphatic rings. The molecule has 1 atom stereocenters. The van der Waals surface area contributed by atoms with Gasteiger partial charge in [0.2, 0.25) is 5.91 Å². The SMILES string of the molecule is CCCCNC(=O)c1ccccc1NC(=O)c1ccc([C@H]2SCC(=O)N2Cc2ccccc2)cc1. The Morgan fingerprint density at radius 3 is 2.40 bits per heavy atom. The largest absolute Gasteiger partial charge is 0.352 e. The monoisotopic (exact) mass is 487 g/mol. The molecule has 0 aliphatic carbocycles. The van der Waals surface area contributed by atoms with Crippen molar-refractivity contribution in [2.45, 2.75) is 31.7 Å². The van der Waals surface area contributed by atoms with E-state index in [0.717, 1.165) is 24.0 Å². The molecule has 0 radical (unpaired) electrons. The van der Waals surface area contributed by atoms with Crippen LogP contribution in [-0.4, -0.2) is 34.9 Å². The first-order chi connectivity index (χ1) is 17.1. The molecule has 0 unspecified atom stereocenters. The molecule has 35 heavy (non-hydrogen) atoms. The number of nitrogens with one attached hydrogen (secondary N) is 2. The fraction of sp³-hybridized carbons (Fsp3) is 0.250. The Morgan fingerprint density at radius 2 is 1.66 bits per heavy atom. The first-order valence-electron chi connectivity index (χ1n) is 11.8. The van der Waals surface area contributed by atoms with E-state index in [1.807, 2.05) is 47.4 Å². The van der Waals surface area contributed by atoms with Gasteiger partial charge in [-0.15, -0.1) is 11.8 Å². The average molecular weight is 488 g/mol. The van der Waals surface area contributed by atoms with Crippen molar-refractivity contribution in [2.75, 3.05) is 17.6 Å². The van der Waals surface area contributed by atoms with E-state index in [4.69, 9.17) is 0 Å². The maximum absolute atomic E-state index is 12.9. The lowest BCUT2D eigenvalue weighted by Crippen LogP contribution is -2.27. The Hall–Kier alpha value is -3.58. The molecule has 0 aromatic heterocycles. The number of nitrogens with zero attached hydrogens (tertiary/aromatic N) is 1. The van der Waals surface area contributed by atoms with Crippen molar-refractivity contribution in [3.63, 3.8) is 0 Å². The summed E-state index contributed by atoms with van der Waals surface area (Å²) in [7, 11) is 0. The fourth-order valence-corrected chi connectivity index (χ4v) is 5.13. The fourth-order valence-electron chi connectivity index (χ4n) is 3.94. The summed E-state index contributed by atoms with van der Waals surface area (Å²) in [5, 5.41) is 5.67. The van der Waals surface area contributed by atoms with Crippen LogP contribution >= 0.6 is 11.8 Å². The van der Waals surface area contributed by atoms with Crippen LogP contribution in [0.3, 0.4) is 0 Å². The lowest BCUT2D eigenvalue weighted by atomic mass is 10.1. The molecule has 1 heterocycles. The second-order valence-electron chi connectivity index (χ2n) is 8.40. The van der Waals surface area contributed by atoms with Crippen LogP contribution in [0, 0.1) is 0 Å². The maximum atomic E-state index is 12.9. The van der Waals surface area contributed by atoms with Crippen molar-refractivity contribution >= 4 is 35.2 Å². The number of anilines is 1. The molecule has 3 aromatic rings. The third-order valence-corrected chi connectivity index (χ3v) is 7.11. The molecule has 4 rings (SSSR count). The Labute approximate surface area is 210 Å². The van der Waals surface area contributed by atoms with Crippen LogP contribution in [-0.2, 0) is 11.3 Å². The number of hydrogen-bond donors (Lipinski definition) is 2. The molecule has 2 N–H and O–H groups in total. The molecule has 180 valence electrons. The first kappa shape index (κ1) is 24.5. The van der Waals surface area contributed by atoms with E-state index in [1.54, 1.807) is 48.2 Å². The predicted octanol–water partition coefficient (Wildman–Crippen LogP) is 5.24. The van der Waals surface area contributed by atoms with Crippen molar-refractivity contribution in [3.8, 4) is 0 Å². The number of hydrogen-bond acceptors (Lipinski definition) is 4. The van der Waals surface area contributed by atoms with Crippen LogP contribution in [0.4, 0.5) is 5.69 Å². The zero-order valence-corrected chi connectivity index (χ0v) is 20.5. The molecular weight excluding hydrogens is 458 g/mol. The highest BCUT2D eigenvalue weighted by atomic mass is 32.2. The minimum Gasteiger partial charge on any atom is -0.352 e. The molecule has 3 amide bonds. The van der Waals surface area contributed by atoms with Crippen LogP contribution < -0.4 is 10.6 Å². The minimum atomic E-state index is -0.290. The molecule has 6 nitrogen and oxygen atoms in total. The lowest BCUT2D eigenvalue weighted by molar-refractivity contribution is -0.128. The van der Waals surface area contributed by atoms with E-state index in [1.165, 1.54) is 0 Å². The summed E-state index contributed by atoms with van der Waals surface area (Å²) in [4.78, 5) is 39.9. The van der Waals surface area contributed by atoms with Crippen LogP contribution in [0.2, 0.25) is 0 Å². The summed E-state index contributed by atoms with van der Waals surface area (Å²) >= 11 is 1.59. The van der Waals surface area contributed by atoms with Gasteiger partial charge in [-0.05, 0) is 41.8 Å². The van der Waals surface area contributed by atoms with E-state index < -0.39 is 0 Å². The quantitative estimate of drug-likeness (QED) is 0.405. The number of amides is 3. The topological polar surface area (TPSA) is 78.5 Å². The minimum absolute atomic E-state index is 0.0904. The second kappa shape index (κ2) is 11.7. The number of carbonyl (C=O) groups excluding carboxylic acids is 3. The van der Waals surface area contributed by atoms with E-state index in [-0.39, 0.29) is 23.1 Å². The van der Waals surface area contributed by atoms with Crippen molar-refractivity contribution < 1.29 is 14.4 Å². The van der Waals surface area contributed by atoms with Crippen molar-refractivity contribution in [2.24, 2.45) is 0 Å². The Kier molecular flexibility index (Phi) is 8.21. The van der Waals surface area contributed by atoms with Gasteiger partial charge in [0.1, 0.15) is 5.37 Å². The van der Waals surface area contributed by atoms with Crippen LogP contribution in [0.25, 0.3) is 0 Å². The second-order valence-corrected chi connectivity index (χ2v) is 9.47. The lowest BCUT2D eigenvalue weighted by Gasteiger charge is -2.24. The van der Waals surface area contributed by atoms with Gasteiger partial charge in [-0.1, -0.05) is 67.9 Å². The van der Waals surface area contributed by atoms with Gasteiger partial charge in [-0.25, -0.2) is 0 Å². The molecule has 1 saturated heterocycles. The van der Waals surface area contributed by atoms with E-state index >= 15 is 0 Å². The van der Waals surface area contributed by atoms with Gasteiger partial charge in [-0.3, -0.25) is 14.4 Å². The normalized spacial score (nSPS) is 15.2. The Morgan fingerprint density at radius 1 is 0.943 bits per heavy atom. The molecule has 0 bridgehead atoms. The van der Waals surface area contributed by atoms with Crippen LogP contribution in [0.5, 0.6) is 0 Å². The van der Waals surface area contributed by atoms with Crippen LogP contribution in [0.1, 0.15) is 57.0 Å². The summed E-state index contributed by atoms with van der Waals surface area (Å²) in [5.41, 5.74) is 3.46. The van der Waals surface area contributed by atoms with E-state index in [0.29, 0.717) is 35.7 Å². The van der Waals surface area contributed by atoms with Gasteiger partial charge in [0.15, 0.2) is 0 Å². The molecular formula is C28H29N3O3S. The summed E-state index contributed by atoms with van der Waals surface area (Å²) in [6, 6.07) is 24.2. The average Bonchev–Trinajstić information content (AvgIpc) is 3.25. The number of para-hydroxylation sites is 1. The van der Waals surface area contributed by atoms with Gasteiger partial charge in [0.25, 0.3) is 11.8 Å². The number of thioether (sulfide) groups is 1. The molecule has 1 aliphatic heterocycles. The highest BCUT2D eigenvalue weighted by Gasteiger charge is 2.32. The van der Waals surface area contributed by atoms with E-state index in [2.05, 4.69) is 17.6 Å². The van der Waals surface area contributed by atoms with Crippen molar-refractivity contribution in [3.05, 3.63) is 101 Å². The molecule has 0 saturated carbocycles. The first-order valence-corrected chi connectivity index (χ1v) is 12.8. The van der Waals surface area contributed by atoms with Gasteiger partial charge in [-0.2, -0.15) is 0 Å². The number of carbonyl (C=O) groups is 3.